The van der Waals surface area contributed by atoms with Crippen molar-refractivity contribution in [3.05, 3.63) is 16.6 Å². The molecule has 0 N–H and O–H groups in total. The van der Waals surface area contributed by atoms with Crippen molar-refractivity contribution >= 4 is 11.3 Å². The largest absolute Gasteiger partial charge is 0.253 e. The first-order chi connectivity index (χ1) is 4.89. The highest BCUT2D eigenvalue weighted by Crippen LogP contribution is 1.99. The molecule has 1 rings (SSSR count). The fourth-order valence-electron chi connectivity index (χ4n) is 0.279. The average Bonchev–Trinajstić information content (AvgIpc) is 2.48. The van der Waals surface area contributed by atoms with Crippen LogP contribution in [0.4, 0.5) is 0 Å². The molecule has 0 radical (unpaired) electrons. The van der Waals surface area contributed by atoms with Crippen LogP contribution < -0.4 is 0 Å². The van der Waals surface area contributed by atoms with Gasteiger partial charge in [-0.2, -0.15) is 0 Å². The molecule has 0 saturated carbocycles. The number of nitrogens with zero attached hydrogens (tertiary/aromatic N) is 1. The first kappa shape index (κ1) is 12.3. The van der Waals surface area contributed by atoms with Gasteiger partial charge in [0.2, 0.25) is 0 Å². The third kappa shape index (κ3) is 7.63. The molecule has 0 spiro atoms. The number of hydrogen-bond acceptors (Lipinski definition) is 2. The maximum Gasteiger partial charge on any atom is 0.0794 e. The highest BCUT2D eigenvalue weighted by molar-refractivity contribution is 7.09. The molecule has 0 aliphatic heterocycles. The average molecular weight is 159 g/mol. The van der Waals surface area contributed by atoms with E-state index in [2.05, 4.69) is 4.98 Å². The van der Waals surface area contributed by atoms with Crippen molar-refractivity contribution in [1.82, 2.24) is 4.98 Å². The predicted molar refractivity (Wildman–Crippen MR) is 49.5 cm³/mol. The second kappa shape index (κ2) is 11.4. The molecule has 10 heavy (non-hydrogen) atoms. The minimum absolute atomic E-state index is 1.27. The fraction of sp³-hybridized carbons (Fsp3) is 0.625. The van der Waals surface area contributed by atoms with E-state index in [1.54, 1.807) is 11.3 Å². The SMILES string of the molecule is CC.CC.Cc1cncs1. The van der Waals surface area contributed by atoms with Crippen LogP contribution in [-0.4, -0.2) is 4.98 Å². The molecular weight excluding hydrogens is 142 g/mol. The quantitative estimate of drug-likeness (QED) is 0.564. The molecule has 1 aromatic rings. The van der Waals surface area contributed by atoms with Crippen molar-refractivity contribution in [3.8, 4) is 0 Å². The van der Waals surface area contributed by atoms with Crippen molar-refractivity contribution in [2.75, 3.05) is 0 Å². The maximum atomic E-state index is 3.84. The van der Waals surface area contributed by atoms with E-state index in [4.69, 9.17) is 0 Å². The van der Waals surface area contributed by atoms with Gasteiger partial charge in [0.25, 0.3) is 0 Å². The Labute approximate surface area is 68.1 Å². The Morgan fingerprint density at radius 2 is 1.70 bits per heavy atom. The number of aryl methyl sites for hydroxylation is 1. The first-order valence-electron chi connectivity index (χ1n) is 3.74. The van der Waals surface area contributed by atoms with Gasteiger partial charge in [-0.1, -0.05) is 27.7 Å². The molecule has 0 unspecified atom stereocenters. The number of aromatic nitrogens is 1. The molecule has 0 amide bonds. The van der Waals surface area contributed by atoms with Gasteiger partial charge in [0.15, 0.2) is 0 Å². The van der Waals surface area contributed by atoms with Crippen LogP contribution in [-0.2, 0) is 0 Å². The van der Waals surface area contributed by atoms with Crippen LogP contribution in [0.2, 0.25) is 0 Å². The van der Waals surface area contributed by atoms with Gasteiger partial charge in [-0.3, -0.25) is 4.98 Å². The summed E-state index contributed by atoms with van der Waals surface area (Å²) in [5, 5.41) is 0. The summed E-state index contributed by atoms with van der Waals surface area (Å²) in [6.45, 7) is 10.0. The van der Waals surface area contributed by atoms with Crippen LogP contribution in [0.1, 0.15) is 32.6 Å². The zero-order valence-electron chi connectivity index (χ0n) is 7.51. The van der Waals surface area contributed by atoms with E-state index in [-0.39, 0.29) is 0 Å². The van der Waals surface area contributed by atoms with Gasteiger partial charge < -0.3 is 0 Å². The number of thiazole rings is 1. The second-order valence-electron chi connectivity index (χ2n) is 1.11. The van der Waals surface area contributed by atoms with Crippen molar-refractivity contribution < 1.29 is 0 Å². The van der Waals surface area contributed by atoms with Crippen molar-refractivity contribution in [2.45, 2.75) is 34.6 Å². The summed E-state index contributed by atoms with van der Waals surface area (Å²) in [6, 6.07) is 0. The third-order valence-electron chi connectivity index (χ3n) is 0.556. The summed E-state index contributed by atoms with van der Waals surface area (Å²) < 4.78 is 0. The van der Waals surface area contributed by atoms with E-state index in [1.807, 2.05) is 46.3 Å². The molecule has 0 aliphatic carbocycles. The first-order valence-corrected chi connectivity index (χ1v) is 4.62. The zero-order chi connectivity index (χ0) is 8.41. The summed E-state index contributed by atoms with van der Waals surface area (Å²) in [4.78, 5) is 5.11. The lowest BCUT2D eigenvalue weighted by atomic mass is 10.7. The van der Waals surface area contributed by atoms with Crippen LogP contribution in [0.5, 0.6) is 0 Å². The lowest BCUT2D eigenvalue weighted by Gasteiger charge is -1.63. The summed E-state index contributed by atoms with van der Waals surface area (Å²) in [7, 11) is 0. The molecule has 0 atom stereocenters. The molecule has 0 aromatic carbocycles. The van der Waals surface area contributed by atoms with E-state index in [0.717, 1.165) is 0 Å². The lowest BCUT2D eigenvalue weighted by molar-refractivity contribution is 1.39. The molecule has 1 heterocycles. The van der Waals surface area contributed by atoms with Crippen LogP contribution in [0.15, 0.2) is 11.7 Å². The van der Waals surface area contributed by atoms with Crippen LogP contribution in [0.3, 0.4) is 0 Å². The zero-order valence-corrected chi connectivity index (χ0v) is 8.33. The van der Waals surface area contributed by atoms with Gasteiger partial charge in [0.1, 0.15) is 0 Å². The second-order valence-corrected chi connectivity index (χ2v) is 2.20. The molecule has 0 fully saturated rings. The van der Waals surface area contributed by atoms with Gasteiger partial charge in [-0.15, -0.1) is 11.3 Å². The lowest BCUT2D eigenvalue weighted by Crippen LogP contribution is -1.48. The van der Waals surface area contributed by atoms with E-state index in [9.17, 15) is 0 Å². The van der Waals surface area contributed by atoms with E-state index in [1.165, 1.54) is 4.88 Å². The maximum absolute atomic E-state index is 3.84. The Morgan fingerprint density at radius 1 is 1.20 bits per heavy atom. The van der Waals surface area contributed by atoms with Gasteiger partial charge in [0, 0.05) is 11.1 Å². The third-order valence-corrected chi connectivity index (χ3v) is 1.26. The summed E-state index contributed by atoms with van der Waals surface area (Å²) in [5.41, 5.74) is 1.83. The van der Waals surface area contributed by atoms with Gasteiger partial charge >= 0.3 is 0 Å². The molecule has 1 aromatic heterocycles. The number of hydrogen-bond donors (Lipinski definition) is 0. The standard InChI is InChI=1S/C4H5NS.2C2H6/c1-4-2-5-3-6-4;2*1-2/h2-3H,1H3;2*1-2H3. The highest BCUT2D eigenvalue weighted by Gasteiger charge is 1.76. The Balaban J connectivity index is 0. The van der Waals surface area contributed by atoms with Gasteiger partial charge in [0.05, 0.1) is 5.51 Å². The van der Waals surface area contributed by atoms with Crippen molar-refractivity contribution in [2.24, 2.45) is 0 Å². The smallest absolute Gasteiger partial charge is 0.0794 e. The topological polar surface area (TPSA) is 12.9 Å². The molecule has 0 aliphatic rings. The Hall–Kier alpha value is -0.370. The Bertz CT molecular complexity index is 113. The molecule has 60 valence electrons. The summed E-state index contributed by atoms with van der Waals surface area (Å²) >= 11 is 1.67. The van der Waals surface area contributed by atoms with Gasteiger partial charge in [-0.25, -0.2) is 0 Å². The summed E-state index contributed by atoms with van der Waals surface area (Å²) in [6.07, 6.45) is 1.85. The van der Waals surface area contributed by atoms with E-state index < -0.39 is 0 Å². The van der Waals surface area contributed by atoms with Crippen molar-refractivity contribution in [3.63, 3.8) is 0 Å². The molecule has 0 saturated heterocycles. The Kier molecular flexibility index (Phi) is 14.1. The van der Waals surface area contributed by atoms with Gasteiger partial charge in [-0.05, 0) is 6.92 Å². The minimum atomic E-state index is 1.27. The van der Waals surface area contributed by atoms with E-state index in [0.29, 0.717) is 0 Å². The van der Waals surface area contributed by atoms with Crippen LogP contribution in [0.25, 0.3) is 0 Å². The fourth-order valence-corrected chi connectivity index (χ4v) is 0.689. The highest BCUT2D eigenvalue weighted by atomic mass is 32.1. The predicted octanol–water partition coefficient (Wildman–Crippen LogP) is 3.50. The molecule has 0 bridgehead atoms. The number of rotatable bonds is 0. The van der Waals surface area contributed by atoms with Crippen LogP contribution in [0, 0.1) is 6.92 Å². The summed E-state index contributed by atoms with van der Waals surface area (Å²) in [5.74, 6) is 0. The molecule has 1 nitrogen and oxygen atoms in total. The Morgan fingerprint density at radius 3 is 1.80 bits per heavy atom. The molecule has 2 heteroatoms. The van der Waals surface area contributed by atoms with E-state index >= 15 is 0 Å². The molecular formula is C8H17NS. The van der Waals surface area contributed by atoms with Crippen LogP contribution >= 0.6 is 11.3 Å². The minimum Gasteiger partial charge on any atom is -0.253 e. The monoisotopic (exact) mass is 159 g/mol. The normalized spacial score (nSPS) is 6.50. The van der Waals surface area contributed by atoms with Crippen molar-refractivity contribution in [1.29, 1.82) is 0 Å².